The Hall–Kier alpha value is -2.25. The fraction of sp³-hybridized carbons (Fsp3) is 0.583. The molecule has 20 heavy (non-hydrogen) atoms. The van der Waals surface area contributed by atoms with Gasteiger partial charge in [-0.1, -0.05) is 13.8 Å². The van der Waals surface area contributed by atoms with E-state index in [0.717, 1.165) is 19.5 Å². The highest BCUT2D eigenvalue weighted by molar-refractivity contribution is 5.37. The molecule has 2 heterocycles. The van der Waals surface area contributed by atoms with Crippen molar-refractivity contribution in [1.82, 2.24) is 29.7 Å². The van der Waals surface area contributed by atoms with Crippen LogP contribution in [0.1, 0.15) is 27.2 Å². The van der Waals surface area contributed by atoms with Gasteiger partial charge in [-0.15, -0.1) is 0 Å². The van der Waals surface area contributed by atoms with E-state index < -0.39 is 0 Å². The van der Waals surface area contributed by atoms with E-state index in [1.807, 2.05) is 6.92 Å². The van der Waals surface area contributed by atoms with Crippen molar-refractivity contribution in [2.24, 2.45) is 5.92 Å². The third kappa shape index (κ3) is 3.87. The van der Waals surface area contributed by atoms with E-state index in [2.05, 4.69) is 49.5 Å². The summed E-state index contributed by atoms with van der Waals surface area (Å²) >= 11 is 0. The summed E-state index contributed by atoms with van der Waals surface area (Å²) in [6.45, 7) is 7.92. The van der Waals surface area contributed by atoms with Gasteiger partial charge >= 0.3 is 0 Å². The molecule has 8 nitrogen and oxygen atoms in total. The van der Waals surface area contributed by atoms with E-state index in [1.54, 1.807) is 6.33 Å². The predicted octanol–water partition coefficient (Wildman–Crippen LogP) is 1.34. The summed E-state index contributed by atoms with van der Waals surface area (Å²) in [7, 11) is 0. The minimum Gasteiger partial charge on any atom is -0.354 e. The van der Waals surface area contributed by atoms with Crippen molar-refractivity contribution in [3.63, 3.8) is 0 Å². The molecule has 0 atom stereocenters. The number of rotatable bonds is 7. The van der Waals surface area contributed by atoms with Gasteiger partial charge in [0, 0.05) is 13.1 Å². The molecule has 2 aromatic rings. The Labute approximate surface area is 118 Å². The van der Waals surface area contributed by atoms with Crippen LogP contribution in [-0.4, -0.2) is 42.8 Å². The van der Waals surface area contributed by atoms with E-state index in [9.17, 15) is 0 Å². The molecular weight excluding hydrogens is 256 g/mol. The molecule has 2 rings (SSSR count). The van der Waals surface area contributed by atoms with Crippen LogP contribution in [0.25, 0.3) is 5.95 Å². The van der Waals surface area contributed by atoms with Gasteiger partial charge in [0.15, 0.2) is 0 Å². The van der Waals surface area contributed by atoms with E-state index in [0.29, 0.717) is 23.8 Å². The topological polar surface area (TPSA) is 93.4 Å². The lowest BCUT2D eigenvalue weighted by Crippen LogP contribution is -2.14. The Balaban J connectivity index is 2.17. The standard InChI is InChI=1S/C12H20N8/c1-4-14-10-17-11(15-6-5-9(2)3)19-12(18-10)20-8-13-7-16-20/h7-9H,4-6H2,1-3H3,(H2,14,15,17,18,19). The molecule has 0 aromatic carbocycles. The first-order valence-electron chi connectivity index (χ1n) is 6.78. The maximum absolute atomic E-state index is 4.34. The Morgan fingerprint density at radius 3 is 2.50 bits per heavy atom. The zero-order valence-corrected chi connectivity index (χ0v) is 12.0. The largest absolute Gasteiger partial charge is 0.354 e. The Morgan fingerprint density at radius 2 is 1.90 bits per heavy atom. The van der Waals surface area contributed by atoms with Crippen molar-refractivity contribution < 1.29 is 0 Å². The van der Waals surface area contributed by atoms with Crippen LogP contribution in [0, 0.1) is 5.92 Å². The average Bonchev–Trinajstić information content (AvgIpc) is 2.92. The van der Waals surface area contributed by atoms with Crippen LogP contribution >= 0.6 is 0 Å². The number of aromatic nitrogens is 6. The van der Waals surface area contributed by atoms with Gasteiger partial charge in [-0.05, 0) is 19.3 Å². The summed E-state index contributed by atoms with van der Waals surface area (Å²) in [5, 5.41) is 10.3. The quantitative estimate of drug-likeness (QED) is 0.788. The molecule has 2 N–H and O–H groups in total. The van der Waals surface area contributed by atoms with Gasteiger partial charge in [0.05, 0.1) is 0 Å². The third-order valence-corrected chi connectivity index (χ3v) is 2.59. The van der Waals surface area contributed by atoms with Crippen molar-refractivity contribution in [3.05, 3.63) is 12.7 Å². The molecule has 0 spiro atoms. The number of hydrogen-bond donors (Lipinski definition) is 2. The molecule has 0 saturated heterocycles. The molecule has 108 valence electrons. The molecule has 0 radical (unpaired) electrons. The highest BCUT2D eigenvalue weighted by atomic mass is 15.4. The first kappa shape index (κ1) is 14.2. The molecule has 0 saturated carbocycles. The first-order chi connectivity index (χ1) is 9.69. The Bertz CT molecular complexity index is 522. The fourth-order valence-electron chi connectivity index (χ4n) is 1.57. The maximum atomic E-state index is 4.34. The highest BCUT2D eigenvalue weighted by Gasteiger charge is 2.08. The second kappa shape index (κ2) is 6.78. The van der Waals surface area contributed by atoms with Gasteiger partial charge in [0.2, 0.25) is 11.9 Å². The Kier molecular flexibility index (Phi) is 4.80. The molecule has 0 unspecified atom stereocenters. The minimum absolute atomic E-state index is 0.445. The predicted molar refractivity (Wildman–Crippen MR) is 76.9 cm³/mol. The number of anilines is 2. The summed E-state index contributed by atoms with van der Waals surface area (Å²) in [5.74, 6) is 2.15. The van der Waals surface area contributed by atoms with E-state index >= 15 is 0 Å². The van der Waals surface area contributed by atoms with E-state index in [4.69, 9.17) is 0 Å². The van der Waals surface area contributed by atoms with E-state index in [1.165, 1.54) is 11.0 Å². The second-order valence-corrected chi connectivity index (χ2v) is 4.76. The lowest BCUT2D eigenvalue weighted by molar-refractivity contribution is 0.605. The zero-order valence-electron chi connectivity index (χ0n) is 12.0. The van der Waals surface area contributed by atoms with Crippen LogP contribution < -0.4 is 10.6 Å². The van der Waals surface area contributed by atoms with Crippen molar-refractivity contribution in [3.8, 4) is 5.95 Å². The first-order valence-corrected chi connectivity index (χ1v) is 6.78. The monoisotopic (exact) mass is 276 g/mol. The molecule has 8 heteroatoms. The summed E-state index contributed by atoms with van der Waals surface area (Å²) in [6, 6.07) is 0. The highest BCUT2D eigenvalue weighted by Crippen LogP contribution is 2.09. The van der Waals surface area contributed by atoms with Crippen molar-refractivity contribution in [2.45, 2.75) is 27.2 Å². The van der Waals surface area contributed by atoms with Crippen molar-refractivity contribution in [1.29, 1.82) is 0 Å². The van der Waals surface area contributed by atoms with Crippen LogP contribution in [0.5, 0.6) is 0 Å². The SMILES string of the molecule is CCNc1nc(NCCC(C)C)nc(-n2cncn2)n1. The molecule has 0 amide bonds. The van der Waals surface area contributed by atoms with Gasteiger partial charge in [-0.3, -0.25) is 0 Å². The summed E-state index contributed by atoms with van der Waals surface area (Å²) in [6.07, 6.45) is 4.06. The van der Waals surface area contributed by atoms with Crippen LogP contribution in [0.15, 0.2) is 12.7 Å². The van der Waals surface area contributed by atoms with Crippen molar-refractivity contribution >= 4 is 11.9 Å². The van der Waals surface area contributed by atoms with E-state index in [-0.39, 0.29) is 0 Å². The third-order valence-electron chi connectivity index (χ3n) is 2.59. The van der Waals surface area contributed by atoms with Crippen LogP contribution in [0.2, 0.25) is 0 Å². The zero-order chi connectivity index (χ0) is 14.4. The molecule has 0 aliphatic carbocycles. The van der Waals surface area contributed by atoms with Crippen LogP contribution in [-0.2, 0) is 0 Å². The lowest BCUT2D eigenvalue weighted by Gasteiger charge is -2.10. The lowest BCUT2D eigenvalue weighted by atomic mass is 10.1. The summed E-state index contributed by atoms with van der Waals surface area (Å²) in [5.41, 5.74) is 0. The molecular formula is C12H20N8. The Morgan fingerprint density at radius 1 is 1.15 bits per heavy atom. The number of hydrogen-bond acceptors (Lipinski definition) is 7. The van der Waals surface area contributed by atoms with Gasteiger partial charge in [0.25, 0.3) is 5.95 Å². The molecule has 0 aliphatic rings. The van der Waals surface area contributed by atoms with Gasteiger partial charge in [-0.2, -0.15) is 24.7 Å². The second-order valence-electron chi connectivity index (χ2n) is 4.76. The minimum atomic E-state index is 0.445. The normalized spacial score (nSPS) is 10.8. The smallest absolute Gasteiger partial charge is 0.258 e. The fourth-order valence-corrected chi connectivity index (χ4v) is 1.57. The van der Waals surface area contributed by atoms with Gasteiger partial charge in [-0.25, -0.2) is 4.98 Å². The number of nitrogens with zero attached hydrogens (tertiary/aromatic N) is 6. The summed E-state index contributed by atoms with van der Waals surface area (Å²) < 4.78 is 1.51. The average molecular weight is 276 g/mol. The molecule has 0 bridgehead atoms. The summed E-state index contributed by atoms with van der Waals surface area (Å²) in [4.78, 5) is 16.9. The van der Waals surface area contributed by atoms with Crippen molar-refractivity contribution in [2.75, 3.05) is 23.7 Å². The van der Waals surface area contributed by atoms with Gasteiger partial charge < -0.3 is 10.6 Å². The molecule has 0 fully saturated rings. The number of nitrogens with one attached hydrogen (secondary N) is 2. The van der Waals surface area contributed by atoms with Crippen LogP contribution in [0.4, 0.5) is 11.9 Å². The maximum Gasteiger partial charge on any atom is 0.258 e. The molecule has 0 aliphatic heterocycles. The molecule has 2 aromatic heterocycles. The van der Waals surface area contributed by atoms with Crippen LogP contribution in [0.3, 0.4) is 0 Å². The van der Waals surface area contributed by atoms with Gasteiger partial charge in [0.1, 0.15) is 12.7 Å².